The van der Waals surface area contributed by atoms with E-state index in [4.69, 9.17) is 0 Å². The summed E-state index contributed by atoms with van der Waals surface area (Å²) in [6, 6.07) is 3.32. The van der Waals surface area contributed by atoms with E-state index in [0.29, 0.717) is 18.7 Å². The van der Waals surface area contributed by atoms with Crippen molar-refractivity contribution in [3.8, 4) is 11.1 Å². The lowest BCUT2D eigenvalue weighted by Gasteiger charge is -2.12. The van der Waals surface area contributed by atoms with Crippen molar-refractivity contribution in [1.82, 2.24) is 19.5 Å². The van der Waals surface area contributed by atoms with Crippen LogP contribution < -0.4 is 5.56 Å². The molecule has 0 unspecified atom stereocenters. The number of hydrogen-bond donors (Lipinski definition) is 1. The molecule has 0 radical (unpaired) electrons. The molecule has 23 heavy (non-hydrogen) atoms. The third kappa shape index (κ3) is 3.31. The molecule has 1 N–H and O–H groups in total. The SMILES string of the molecule is Cn1cc(-c2c[nH]c3nc(CCC(C)(C)F)ncc23)ccc1=O. The van der Waals surface area contributed by atoms with Gasteiger partial charge in [0, 0.05) is 54.6 Å². The van der Waals surface area contributed by atoms with E-state index in [9.17, 15) is 9.18 Å². The Balaban J connectivity index is 1.95. The average molecular weight is 314 g/mol. The minimum absolute atomic E-state index is 0.0547. The van der Waals surface area contributed by atoms with Gasteiger partial charge in [-0.1, -0.05) is 0 Å². The van der Waals surface area contributed by atoms with E-state index < -0.39 is 5.67 Å². The van der Waals surface area contributed by atoms with Crippen LogP contribution in [0.3, 0.4) is 0 Å². The van der Waals surface area contributed by atoms with E-state index in [1.165, 1.54) is 10.6 Å². The number of nitrogens with one attached hydrogen (secondary N) is 1. The monoisotopic (exact) mass is 314 g/mol. The molecular weight excluding hydrogens is 295 g/mol. The van der Waals surface area contributed by atoms with Crippen molar-refractivity contribution in [2.24, 2.45) is 7.05 Å². The number of rotatable bonds is 4. The molecule has 0 amide bonds. The highest BCUT2D eigenvalue weighted by molar-refractivity contribution is 5.92. The van der Waals surface area contributed by atoms with Crippen molar-refractivity contribution in [1.29, 1.82) is 0 Å². The van der Waals surface area contributed by atoms with Gasteiger partial charge in [0.25, 0.3) is 0 Å². The normalized spacial score (nSPS) is 12.0. The molecule has 0 saturated carbocycles. The largest absolute Gasteiger partial charge is 0.345 e. The van der Waals surface area contributed by atoms with Gasteiger partial charge >= 0.3 is 0 Å². The molecule has 120 valence electrons. The van der Waals surface area contributed by atoms with Gasteiger partial charge in [-0.2, -0.15) is 0 Å². The molecule has 0 spiro atoms. The van der Waals surface area contributed by atoms with Gasteiger partial charge < -0.3 is 9.55 Å². The maximum absolute atomic E-state index is 13.6. The zero-order valence-electron chi connectivity index (χ0n) is 13.4. The zero-order chi connectivity index (χ0) is 16.6. The van der Waals surface area contributed by atoms with Crippen LogP contribution in [0.1, 0.15) is 26.1 Å². The van der Waals surface area contributed by atoms with Gasteiger partial charge in [0.15, 0.2) is 0 Å². The zero-order valence-corrected chi connectivity index (χ0v) is 13.4. The summed E-state index contributed by atoms with van der Waals surface area (Å²) in [6.07, 6.45) is 6.26. The highest BCUT2D eigenvalue weighted by Crippen LogP contribution is 2.26. The van der Waals surface area contributed by atoms with Gasteiger partial charge in [0.1, 0.15) is 17.1 Å². The second-order valence-electron chi connectivity index (χ2n) is 6.34. The Morgan fingerprint density at radius 3 is 2.83 bits per heavy atom. The van der Waals surface area contributed by atoms with Gasteiger partial charge in [-0.05, 0) is 26.3 Å². The third-order valence-corrected chi connectivity index (χ3v) is 3.82. The maximum Gasteiger partial charge on any atom is 0.250 e. The summed E-state index contributed by atoms with van der Waals surface area (Å²) in [7, 11) is 1.72. The molecule has 6 heteroatoms. The minimum atomic E-state index is -1.23. The summed E-state index contributed by atoms with van der Waals surface area (Å²) in [5, 5.41) is 0.881. The fourth-order valence-corrected chi connectivity index (χ4v) is 2.47. The standard InChI is InChI=1S/C17H19FN4O/c1-17(2,18)7-6-14-19-9-13-12(8-20-16(13)21-14)11-4-5-15(23)22(3)10-11/h4-5,8-10H,6-7H2,1-3H3,(H,19,20,21). The fraction of sp³-hybridized carbons (Fsp3) is 0.353. The summed E-state index contributed by atoms with van der Waals surface area (Å²) >= 11 is 0. The number of H-pyrrole nitrogens is 1. The minimum Gasteiger partial charge on any atom is -0.345 e. The maximum atomic E-state index is 13.6. The Morgan fingerprint density at radius 2 is 2.13 bits per heavy atom. The highest BCUT2D eigenvalue weighted by atomic mass is 19.1. The van der Waals surface area contributed by atoms with E-state index in [2.05, 4.69) is 15.0 Å². The first-order valence-electron chi connectivity index (χ1n) is 7.52. The topological polar surface area (TPSA) is 63.6 Å². The average Bonchev–Trinajstić information content (AvgIpc) is 2.90. The molecule has 3 rings (SSSR count). The Labute approximate surface area is 133 Å². The van der Waals surface area contributed by atoms with Crippen LogP contribution in [0.4, 0.5) is 4.39 Å². The van der Waals surface area contributed by atoms with E-state index in [1.807, 2.05) is 6.20 Å². The molecule has 0 aliphatic heterocycles. The van der Waals surface area contributed by atoms with Crippen LogP contribution in [0, 0.1) is 0 Å². The van der Waals surface area contributed by atoms with Crippen LogP contribution in [0.15, 0.2) is 35.5 Å². The molecule has 0 bridgehead atoms. The van der Waals surface area contributed by atoms with E-state index in [1.54, 1.807) is 39.4 Å². The number of aryl methyl sites for hydroxylation is 2. The number of fused-ring (bicyclic) bond motifs is 1. The number of aromatic amines is 1. The number of nitrogens with zero attached hydrogens (tertiary/aromatic N) is 3. The van der Waals surface area contributed by atoms with Crippen molar-refractivity contribution in [2.45, 2.75) is 32.4 Å². The molecular formula is C17H19FN4O. The molecule has 3 heterocycles. The summed E-state index contributed by atoms with van der Waals surface area (Å²) in [6.45, 7) is 3.11. The Bertz CT molecular complexity index is 905. The first-order valence-corrected chi connectivity index (χ1v) is 7.52. The van der Waals surface area contributed by atoms with Crippen molar-refractivity contribution in [3.63, 3.8) is 0 Å². The Hall–Kier alpha value is -2.50. The summed E-state index contributed by atoms with van der Waals surface area (Å²) in [4.78, 5) is 23.4. The van der Waals surface area contributed by atoms with Crippen LogP contribution in [0.25, 0.3) is 22.2 Å². The van der Waals surface area contributed by atoms with Crippen LogP contribution >= 0.6 is 0 Å². The highest BCUT2D eigenvalue weighted by Gasteiger charge is 2.16. The number of halogens is 1. The summed E-state index contributed by atoms with van der Waals surface area (Å²) in [5.41, 5.74) is 1.29. The molecule has 0 saturated heterocycles. The van der Waals surface area contributed by atoms with Gasteiger partial charge in [0.2, 0.25) is 5.56 Å². The van der Waals surface area contributed by atoms with Crippen molar-refractivity contribution < 1.29 is 4.39 Å². The van der Waals surface area contributed by atoms with Crippen molar-refractivity contribution >= 4 is 11.0 Å². The molecule has 5 nitrogen and oxygen atoms in total. The van der Waals surface area contributed by atoms with E-state index >= 15 is 0 Å². The number of aromatic nitrogens is 4. The molecule has 0 fully saturated rings. The fourth-order valence-electron chi connectivity index (χ4n) is 2.47. The quantitative estimate of drug-likeness (QED) is 0.805. The smallest absolute Gasteiger partial charge is 0.250 e. The molecule has 0 aromatic carbocycles. The van der Waals surface area contributed by atoms with E-state index in [-0.39, 0.29) is 5.56 Å². The van der Waals surface area contributed by atoms with Gasteiger partial charge in [0.05, 0.1) is 0 Å². The molecule has 3 aromatic heterocycles. The first-order chi connectivity index (χ1) is 10.8. The van der Waals surface area contributed by atoms with E-state index in [0.717, 1.165) is 22.2 Å². The lowest BCUT2D eigenvalue weighted by molar-refractivity contribution is 0.201. The van der Waals surface area contributed by atoms with Crippen LogP contribution in [0.2, 0.25) is 0 Å². The lowest BCUT2D eigenvalue weighted by Crippen LogP contribution is -2.14. The van der Waals surface area contributed by atoms with Crippen LogP contribution in [-0.4, -0.2) is 25.2 Å². The number of alkyl halides is 1. The number of hydrogen-bond acceptors (Lipinski definition) is 3. The number of pyridine rings is 1. The molecule has 0 aliphatic carbocycles. The Kier molecular flexibility index (Phi) is 3.75. The van der Waals surface area contributed by atoms with Crippen molar-refractivity contribution in [2.75, 3.05) is 0 Å². The van der Waals surface area contributed by atoms with Gasteiger partial charge in [-0.15, -0.1) is 0 Å². The van der Waals surface area contributed by atoms with Gasteiger partial charge in [-0.3, -0.25) is 4.79 Å². The van der Waals surface area contributed by atoms with Crippen LogP contribution in [0.5, 0.6) is 0 Å². The molecule has 0 aliphatic rings. The predicted octanol–water partition coefficient (Wildman–Crippen LogP) is 3.00. The predicted molar refractivity (Wildman–Crippen MR) is 88.1 cm³/mol. The first kappa shape index (κ1) is 15.4. The second kappa shape index (κ2) is 5.61. The molecule has 3 aromatic rings. The molecule has 0 atom stereocenters. The Morgan fingerprint density at radius 1 is 1.35 bits per heavy atom. The summed E-state index contributed by atoms with van der Waals surface area (Å²) in [5.74, 6) is 0.622. The second-order valence-corrected chi connectivity index (χ2v) is 6.34. The lowest BCUT2D eigenvalue weighted by atomic mass is 10.0. The van der Waals surface area contributed by atoms with Crippen molar-refractivity contribution in [3.05, 3.63) is 46.9 Å². The van der Waals surface area contributed by atoms with Crippen LogP contribution in [-0.2, 0) is 13.5 Å². The third-order valence-electron chi connectivity index (χ3n) is 3.82. The summed E-state index contributed by atoms with van der Waals surface area (Å²) < 4.78 is 15.1. The van der Waals surface area contributed by atoms with Gasteiger partial charge in [-0.25, -0.2) is 14.4 Å².